The monoisotopic (exact) mass is 414 g/mol. The van der Waals surface area contributed by atoms with Gasteiger partial charge in [-0.25, -0.2) is 13.4 Å². The van der Waals surface area contributed by atoms with Crippen LogP contribution < -0.4 is 10.0 Å². The summed E-state index contributed by atoms with van der Waals surface area (Å²) in [6.07, 6.45) is 4.93. The highest BCUT2D eigenvalue weighted by molar-refractivity contribution is 7.93. The van der Waals surface area contributed by atoms with E-state index in [1.165, 1.54) is 11.3 Å². The number of carbonyl (C=O) groups excluding carboxylic acids is 1. The molecule has 0 bridgehead atoms. The van der Waals surface area contributed by atoms with Crippen LogP contribution in [0, 0.1) is 0 Å². The summed E-state index contributed by atoms with van der Waals surface area (Å²) in [6, 6.07) is 11.4. The van der Waals surface area contributed by atoms with Gasteiger partial charge in [0.25, 0.3) is 0 Å². The lowest BCUT2D eigenvalue weighted by atomic mass is 10.1. The maximum atomic E-state index is 12.3. The molecule has 1 aliphatic carbocycles. The number of benzene rings is 1. The number of sulfonamides is 1. The van der Waals surface area contributed by atoms with Crippen molar-refractivity contribution >= 4 is 38.1 Å². The number of rotatable bonds is 7. The topological polar surface area (TPSA) is 101 Å². The van der Waals surface area contributed by atoms with Crippen LogP contribution in [-0.4, -0.2) is 29.5 Å². The van der Waals surface area contributed by atoms with Crippen LogP contribution in [0.25, 0.3) is 11.1 Å². The summed E-state index contributed by atoms with van der Waals surface area (Å²) in [5, 5.41) is 4.52. The van der Waals surface area contributed by atoms with E-state index in [2.05, 4.69) is 20.0 Å². The van der Waals surface area contributed by atoms with E-state index in [0.29, 0.717) is 29.4 Å². The Morgan fingerprint density at radius 1 is 1.07 bits per heavy atom. The number of carbonyl (C=O) groups is 1. The summed E-state index contributed by atoms with van der Waals surface area (Å²) in [5.41, 5.74) is 3.31. The maximum absolute atomic E-state index is 12.3. The molecule has 4 rings (SSSR count). The first-order chi connectivity index (χ1) is 13.5. The molecule has 3 aromatic rings. The van der Waals surface area contributed by atoms with E-state index >= 15 is 0 Å². The average molecular weight is 415 g/mol. The highest BCUT2D eigenvalue weighted by Gasteiger charge is 2.36. The minimum absolute atomic E-state index is 0.0771. The number of hydrogen-bond acceptors (Lipinski definition) is 6. The highest BCUT2D eigenvalue weighted by Crippen LogP contribution is 2.30. The van der Waals surface area contributed by atoms with Gasteiger partial charge in [-0.05, 0) is 48.2 Å². The molecule has 1 saturated carbocycles. The molecule has 1 aromatic carbocycles. The second kappa shape index (κ2) is 7.69. The third-order valence-electron chi connectivity index (χ3n) is 4.27. The summed E-state index contributed by atoms with van der Waals surface area (Å²) in [6.45, 7) is 0. The molecule has 0 saturated heterocycles. The first-order valence-electron chi connectivity index (χ1n) is 8.76. The van der Waals surface area contributed by atoms with E-state index in [1.807, 2.05) is 36.4 Å². The lowest BCUT2D eigenvalue weighted by molar-refractivity contribution is -0.115. The molecular formula is C19H18N4O3S2. The van der Waals surface area contributed by atoms with Crippen LogP contribution in [0.2, 0.25) is 0 Å². The summed E-state index contributed by atoms with van der Waals surface area (Å²) >= 11 is 1.18. The molecular weight excluding hydrogens is 396 g/mol. The van der Waals surface area contributed by atoms with E-state index in [4.69, 9.17) is 0 Å². The Labute approximate surface area is 166 Å². The minimum atomic E-state index is -3.34. The zero-order valence-electron chi connectivity index (χ0n) is 14.8. The predicted molar refractivity (Wildman–Crippen MR) is 110 cm³/mol. The van der Waals surface area contributed by atoms with E-state index < -0.39 is 10.0 Å². The van der Waals surface area contributed by atoms with Crippen LogP contribution in [0.5, 0.6) is 0 Å². The molecule has 0 atom stereocenters. The molecule has 9 heteroatoms. The molecule has 2 aromatic heterocycles. The third-order valence-corrected chi connectivity index (χ3v) is 7.03. The van der Waals surface area contributed by atoms with Crippen molar-refractivity contribution in [2.45, 2.75) is 24.5 Å². The summed E-state index contributed by atoms with van der Waals surface area (Å²) < 4.78 is 26.4. The van der Waals surface area contributed by atoms with Crippen molar-refractivity contribution in [3.8, 4) is 11.1 Å². The van der Waals surface area contributed by atoms with Gasteiger partial charge in [0, 0.05) is 23.5 Å². The number of nitrogens with zero attached hydrogens (tertiary/aromatic N) is 2. The quantitative estimate of drug-likeness (QED) is 0.618. The largest absolute Gasteiger partial charge is 0.326 e. The Kier molecular flexibility index (Phi) is 5.10. The summed E-state index contributed by atoms with van der Waals surface area (Å²) in [7, 11) is -3.34. The van der Waals surface area contributed by atoms with Crippen LogP contribution in [0.15, 0.2) is 54.2 Å². The van der Waals surface area contributed by atoms with Crippen molar-refractivity contribution in [3.05, 3.63) is 59.9 Å². The van der Waals surface area contributed by atoms with E-state index in [9.17, 15) is 13.2 Å². The molecule has 0 radical (unpaired) electrons. The van der Waals surface area contributed by atoms with Crippen LogP contribution in [0.3, 0.4) is 0 Å². The zero-order valence-corrected chi connectivity index (χ0v) is 16.5. The van der Waals surface area contributed by atoms with Crippen molar-refractivity contribution in [1.82, 2.24) is 9.97 Å². The predicted octanol–water partition coefficient (Wildman–Crippen LogP) is 3.29. The number of nitrogens with one attached hydrogen (secondary N) is 2. The normalized spacial score (nSPS) is 13.9. The molecule has 1 aliphatic rings. The first kappa shape index (κ1) is 18.6. The van der Waals surface area contributed by atoms with Gasteiger partial charge >= 0.3 is 0 Å². The third kappa shape index (κ3) is 4.55. The number of pyridine rings is 1. The van der Waals surface area contributed by atoms with Gasteiger partial charge in [-0.3, -0.25) is 14.5 Å². The number of anilines is 2. The smallest absolute Gasteiger partial charge is 0.237 e. The van der Waals surface area contributed by atoms with Crippen molar-refractivity contribution in [2.75, 3.05) is 10.0 Å². The van der Waals surface area contributed by atoms with Gasteiger partial charge in [0.1, 0.15) is 0 Å². The number of hydrogen-bond donors (Lipinski definition) is 2. The molecule has 0 spiro atoms. The molecule has 1 fully saturated rings. The van der Waals surface area contributed by atoms with Crippen molar-refractivity contribution in [2.24, 2.45) is 0 Å². The number of thiazole rings is 1. The first-order valence-corrected chi connectivity index (χ1v) is 11.2. The lowest BCUT2D eigenvalue weighted by Crippen LogP contribution is -2.17. The molecule has 28 heavy (non-hydrogen) atoms. The molecule has 2 heterocycles. The molecule has 7 nitrogen and oxygen atoms in total. The van der Waals surface area contributed by atoms with Gasteiger partial charge in [0.05, 0.1) is 17.4 Å². The van der Waals surface area contributed by atoms with Gasteiger partial charge in [0.15, 0.2) is 5.13 Å². The molecule has 2 N–H and O–H groups in total. The SMILES string of the molecule is O=C(Cc1csc(NS(=O)(=O)C2CC2)n1)Nc1ccc(-c2ccncc2)cc1. The fourth-order valence-electron chi connectivity index (χ4n) is 2.68. The van der Waals surface area contributed by atoms with Crippen molar-refractivity contribution < 1.29 is 13.2 Å². The van der Waals surface area contributed by atoms with Crippen LogP contribution in [0.1, 0.15) is 18.5 Å². The number of aromatic nitrogens is 2. The average Bonchev–Trinajstić information content (AvgIpc) is 3.46. The van der Waals surface area contributed by atoms with Crippen LogP contribution in [0.4, 0.5) is 10.8 Å². The minimum Gasteiger partial charge on any atom is -0.326 e. The van der Waals surface area contributed by atoms with Gasteiger partial charge < -0.3 is 5.32 Å². The standard InChI is InChI=1S/C19H18N4O3S2/c24-18(11-16-12-27-19(22-16)23-28(25,26)17-5-6-17)21-15-3-1-13(2-4-15)14-7-9-20-10-8-14/h1-4,7-10,12,17H,5-6,11H2,(H,21,24)(H,22,23). The summed E-state index contributed by atoms with van der Waals surface area (Å²) in [4.78, 5) is 20.5. The molecule has 1 amide bonds. The van der Waals surface area contributed by atoms with Crippen molar-refractivity contribution in [3.63, 3.8) is 0 Å². The second-order valence-electron chi connectivity index (χ2n) is 6.53. The Bertz CT molecular complexity index is 1080. The van der Waals surface area contributed by atoms with Gasteiger partial charge in [-0.15, -0.1) is 11.3 Å². The Morgan fingerprint density at radius 3 is 2.43 bits per heavy atom. The lowest BCUT2D eigenvalue weighted by Gasteiger charge is -2.06. The Balaban J connectivity index is 1.34. The van der Waals surface area contributed by atoms with Crippen molar-refractivity contribution in [1.29, 1.82) is 0 Å². The molecule has 0 aliphatic heterocycles. The highest BCUT2D eigenvalue weighted by atomic mass is 32.2. The second-order valence-corrected chi connectivity index (χ2v) is 9.35. The molecule has 0 unspecified atom stereocenters. The zero-order chi connectivity index (χ0) is 19.6. The van der Waals surface area contributed by atoms with Crippen LogP contribution >= 0.6 is 11.3 Å². The fraction of sp³-hybridized carbons (Fsp3) is 0.211. The Morgan fingerprint density at radius 2 is 1.75 bits per heavy atom. The van der Waals surface area contributed by atoms with Crippen LogP contribution in [-0.2, 0) is 21.2 Å². The van der Waals surface area contributed by atoms with Gasteiger partial charge in [-0.2, -0.15) is 0 Å². The van der Waals surface area contributed by atoms with E-state index in [0.717, 1.165) is 11.1 Å². The van der Waals surface area contributed by atoms with Gasteiger partial charge in [-0.1, -0.05) is 12.1 Å². The fourth-order valence-corrected chi connectivity index (χ4v) is 4.99. The summed E-state index contributed by atoms with van der Waals surface area (Å²) in [5.74, 6) is -0.210. The maximum Gasteiger partial charge on any atom is 0.237 e. The number of amides is 1. The van der Waals surface area contributed by atoms with E-state index in [-0.39, 0.29) is 17.6 Å². The van der Waals surface area contributed by atoms with E-state index in [1.54, 1.807) is 17.8 Å². The van der Waals surface area contributed by atoms with Gasteiger partial charge in [0.2, 0.25) is 15.9 Å². The molecule has 144 valence electrons. The Hall–Kier alpha value is -2.78.